The van der Waals surface area contributed by atoms with E-state index >= 15 is 0 Å². The van der Waals surface area contributed by atoms with Gasteiger partial charge >= 0.3 is 0 Å². The zero-order chi connectivity index (χ0) is 10.8. The predicted octanol–water partition coefficient (Wildman–Crippen LogP) is 2.53. The maximum absolute atomic E-state index is 5.24. The van der Waals surface area contributed by atoms with E-state index in [0.717, 1.165) is 6.54 Å². The molecule has 0 aromatic heterocycles. The van der Waals surface area contributed by atoms with Crippen LogP contribution in [0.3, 0.4) is 0 Å². The molecule has 0 aliphatic rings. The molecule has 2 atom stereocenters. The highest BCUT2D eigenvalue weighted by atomic mass is 32.2. The van der Waals surface area contributed by atoms with Crippen LogP contribution in [0.4, 0.5) is 0 Å². The molecule has 1 N–H and O–H groups in total. The molecule has 0 aromatic rings. The van der Waals surface area contributed by atoms with E-state index in [1.165, 1.54) is 25.0 Å². The summed E-state index contributed by atoms with van der Waals surface area (Å²) in [4.78, 5) is 0. The molecule has 0 aliphatic carbocycles. The molecule has 0 saturated carbocycles. The fourth-order valence-corrected chi connectivity index (χ4v) is 1.74. The molecule has 0 aromatic carbocycles. The van der Waals surface area contributed by atoms with Crippen LogP contribution in [-0.4, -0.2) is 37.8 Å². The third-order valence-electron chi connectivity index (χ3n) is 2.57. The average molecular weight is 219 g/mol. The SMILES string of the molecule is COC(C)C(C)NCCCCCSC. The molecule has 0 heterocycles. The fourth-order valence-electron chi connectivity index (χ4n) is 1.25. The van der Waals surface area contributed by atoms with Gasteiger partial charge in [-0.1, -0.05) is 6.42 Å². The Kier molecular flexibility index (Phi) is 10.0. The summed E-state index contributed by atoms with van der Waals surface area (Å²) in [5.74, 6) is 1.30. The van der Waals surface area contributed by atoms with Crippen LogP contribution in [0, 0.1) is 0 Å². The van der Waals surface area contributed by atoms with E-state index in [1.54, 1.807) is 7.11 Å². The maximum Gasteiger partial charge on any atom is 0.0693 e. The van der Waals surface area contributed by atoms with Crippen molar-refractivity contribution in [2.75, 3.05) is 25.7 Å². The molecule has 86 valence electrons. The number of rotatable bonds is 9. The largest absolute Gasteiger partial charge is 0.380 e. The zero-order valence-electron chi connectivity index (χ0n) is 10.0. The monoisotopic (exact) mass is 219 g/mol. The summed E-state index contributed by atoms with van der Waals surface area (Å²) < 4.78 is 5.24. The molecule has 3 heteroatoms. The Morgan fingerprint density at radius 1 is 1.21 bits per heavy atom. The van der Waals surface area contributed by atoms with Crippen LogP contribution in [0.2, 0.25) is 0 Å². The molecule has 0 saturated heterocycles. The highest BCUT2D eigenvalue weighted by Crippen LogP contribution is 2.02. The summed E-state index contributed by atoms with van der Waals surface area (Å²) in [5.41, 5.74) is 0. The van der Waals surface area contributed by atoms with Gasteiger partial charge in [-0.05, 0) is 45.2 Å². The Labute approximate surface area is 93.2 Å². The lowest BCUT2D eigenvalue weighted by atomic mass is 10.2. The van der Waals surface area contributed by atoms with Crippen LogP contribution in [0.5, 0.6) is 0 Å². The zero-order valence-corrected chi connectivity index (χ0v) is 10.8. The van der Waals surface area contributed by atoms with E-state index in [4.69, 9.17) is 4.74 Å². The lowest BCUT2D eigenvalue weighted by Gasteiger charge is -2.19. The van der Waals surface area contributed by atoms with Crippen molar-refractivity contribution in [3.05, 3.63) is 0 Å². The third kappa shape index (κ3) is 7.65. The van der Waals surface area contributed by atoms with Crippen molar-refractivity contribution in [2.45, 2.75) is 45.3 Å². The topological polar surface area (TPSA) is 21.3 Å². The summed E-state index contributed by atoms with van der Waals surface area (Å²) in [6.45, 7) is 5.39. The molecule has 0 bridgehead atoms. The van der Waals surface area contributed by atoms with Crippen LogP contribution in [0.25, 0.3) is 0 Å². The van der Waals surface area contributed by atoms with Crippen LogP contribution in [0.1, 0.15) is 33.1 Å². The molecule has 0 fully saturated rings. The van der Waals surface area contributed by atoms with Gasteiger partial charge in [-0.2, -0.15) is 11.8 Å². The molecule has 0 amide bonds. The highest BCUT2D eigenvalue weighted by Gasteiger charge is 2.08. The van der Waals surface area contributed by atoms with Crippen molar-refractivity contribution in [1.29, 1.82) is 0 Å². The van der Waals surface area contributed by atoms with Gasteiger partial charge in [0.15, 0.2) is 0 Å². The summed E-state index contributed by atoms with van der Waals surface area (Å²) in [7, 11) is 1.77. The molecule has 0 radical (unpaired) electrons. The van der Waals surface area contributed by atoms with E-state index < -0.39 is 0 Å². The van der Waals surface area contributed by atoms with Gasteiger partial charge in [0, 0.05) is 13.2 Å². The van der Waals surface area contributed by atoms with Crippen molar-refractivity contribution < 1.29 is 4.74 Å². The highest BCUT2D eigenvalue weighted by molar-refractivity contribution is 7.98. The van der Waals surface area contributed by atoms with E-state index in [-0.39, 0.29) is 0 Å². The molecule has 0 spiro atoms. The third-order valence-corrected chi connectivity index (χ3v) is 3.26. The van der Waals surface area contributed by atoms with Gasteiger partial charge < -0.3 is 10.1 Å². The Morgan fingerprint density at radius 2 is 1.93 bits per heavy atom. The lowest BCUT2D eigenvalue weighted by Crippen LogP contribution is -2.37. The van der Waals surface area contributed by atoms with Crippen molar-refractivity contribution >= 4 is 11.8 Å². The van der Waals surface area contributed by atoms with E-state index in [1.807, 2.05) is 11.8 Å². The second-order valence-electron chi connectivity index (χ2n) is 3.74. The van der Waals surface area contributed by atoms with Gasteiger partial charge in [-0.3, -0.25) is 0 Å². The minimum absolute atomic E-state index is 0.307. The van der Waals surface area contributed by atoms with Crippen LogP contribution in [-0.2, 0) is 4.74 Å². The van der Waals surface area contributed by atoms with Gasteiger partial charge in [-0.15, -0.1) is 0 Å². The molecule has 2 unspecified atom stereocenters. The first-order chi connectivity index (χ1) is 6.72. The van der Waals surface area contributed by atoms with Crippen molar-refractivity contribution in [3.8, 4) is 0 Å². The number of nitrogens with one attached hydrogen (secondary N) is 1. The lowest BCUT2D eigenvalue weighted by molar-refractivity contribution is 0.0887. The second-order valence-corrected chi connectivity index (χ2v) is 4.72. The molecular weight excluding hydrogens is 194 g/mol. The Balaban J connectivity index is 3.18. The summed E-state index contributed by atoms with van der Waals surface area (Å²) in [5, 5.41) is 3.48. The number of hydrogen-bond acceptors (Lipinski definition) is 3. The number of thioether (sulfide) groups is 1. The molecule has 0 aliphatic heterocycles. The molecule has 14 heavy (non-hydrogen) atoms. The Morgan fingerprint density at radius 3 is 2.50 bits per heavy atom. The predicted molar refractivity (Wildman–Crippen MR) is 66.2 cm³/mol. The number of methoxy groups -OCH3 is 1. The van der Waals surface area contributed by atoms with Crippen molar-refractivity contribution in [2.24, 2.45) is 0 Å². The smallest absolute Gasteiger partial charge is 0.0693 e. The van der Waals surface area contributed by atoms with Crippen LogP contribution < -0.4 is 5.32 Å². The first-order valence-electron chi connectivity index (χ1n) is 5.47. The van der Waals surface area contributed by atoms with Crippen LogP contribution >= 0.6 is 11.8 Å². The standard InChI is InChI=1S/C11H25NOS/c1-10(11(2)13-3)12-8-6-5-7-9-14-4/h10-12H,5-9H2,1-4H3. The first kappa shape index (κ1) is 14.3. The number of unbranched alkanes of at least 4 members (excludes halogenated alkanes) is 2. The molecule has 0 rings (SSSR count). The average Bonchev–Trinajstić information content (AvgIpc) is 2.21. The fraction of sp³-hybridized carbons (Fsp3) is 1.00. The van der Waals surface area contributed by atoms with Crippen LogP contribution in [0.15, 0.2) is 0 Å². The minimum Gasteiger partial charge on any atom is -0.380 e. The van der Waals surface area contributed by atoms with E-state index in [9.17, 15) is 0 Å². The molecule has 2 nitrogen and oxygen atoms in total. The van der Waals surface area contributed by atoms with E-state index in [2.05, 4.69) is 25.4 Å². The number of ether oxygens (including phenoxy) is 1. The van der Waals surface area contributed by atoms with Crippen molar-refractivity contribution in [3.63, 3.8) is 0 Å². The summed E-state index contributed by atoms with van der Waals surface area (Å²) in [6, 6.07) is 0.459. The van der Waals surface area contributed by atoms with Gasteiger partial charge in [0.25, 0.3) is 0 Å². The normalized spacial score (nSPS) is 15.4. The molecular formula is C11H25NOS. The number of hydrogen-bond donors (Lipinski definition) is 1. The summed E-state index contributed by atoms with van der Waals surface area (Å²) >= 11 is 1.93. The Bertz CT molecular complexity index is 122. The Hall–Kier alpha value is 0.270. The summed E-state index contributed by atoms with van der Waals surface area (Å²) in [6.07, 6.45) is 6.43. The van der Waals surface area contributed by atoms with Crippen molar-refractivity contribution in [1.82, 2.24) is 5.32 Å². The van der Waals surface area contributed by atoms with E-state index in [0.29, 0.717) is 12.1 Å². The first-order valence-corrected chi connectivity index (χ1v) is 6.86. The van der Waals surface area contributed by atoms with Gasteiger partial charge in [0.05, 0.1) is 6.10 Å². The van der Waals surface area contributed by atoms with Gasteiger partial charge in [-0.25, -0.2) is 0 Å². The quantitative estimate of drug-likeness (QED) is 0.602. The van der Waals surface area contributed by atoms with Gasteiger partial charge in [0.1, 0.15) is 0 Å². The minimum atomic E-state index is 0.307. The maximum atomic E-state index is 5.24. The van der Waals surface area contributed by atoms with Gasteiger partial charge in [0.2, 0.25) is 0 Å². The second kappa shape index (κ2) is 9.81.